The molecule has 1 aliphatic heterocycles. The number of nitrogens with one attached hydrogen (secondary N) is 2. The van der Waals surface area contributed by atoms with Crippen molar-refractivity contribution in [2.75, 3.05) is 11.9 Å². The Hall–Kier alpha value is -3.27. The summed E-state index contributed by atoms with van der Waals surface area (Å²) in [7, 11) is 0. The third-order valence-electron chi connectivity index (χ3n) is 10.7. The molecule has 1 aromatic carbocycles. The van der Waals surface area contributed by atoms with Gasteiger partial charge >= 0.3 is 0 Å². The number of rotatable bonds is 11. The molecule has 3 amide bonds. The number of nitrogens with zero attached hydrogens (tertiary/aromatic N) is 2. The molecule has 3 saturated carbocycles. The molecule has 4 fully saturated rings. The number of fused-ring (bicyclic) bond motifs is 1. The standard InChI is InChI=1S/C33H43N5O4S/c1-33(2)22-17-38(27(25(22)33)30(41)35-23(28(39)29(34)40)16-19-10-9-11-19)31(42)26(21-14-7-4-8-15-21)37-32-36-24(18-43-32)20-12-5-3-6-13-20/h3,5-6,12-13,18-19,21-23,25-27H,4,7-11,14-17H2,1-2H3,(H2,34,40)(H,35,41)(H,36,37)/t22?,23?,25?,26?,27-/m0/s1. The van der Waals surface area contributed by atoms with Crippen molar-refractivity contribution in [3.63, 3.8) is 0 Å². The summed E-state index contributed by atoms with van der Waals surface area (Å²) >= 11 is 1.49. The molecular weight excluding hydrogens is 562 g/mol. The number of likely N-dealkylation sites (tertiary alicyclic amines) is 1. The number of aromatic nitrogens is 1. The van der Waals surface area contributed by atoms with E-state index in [1.54, 1.807) is 4.90 Å². The normalized spacial score (nSPS) is 26.1. The second-order valence-electron chi connectivity index (χ2n) is 13.6. The van der Waals surface area contributed by atoms with Crippen LogP contribution in [-0.4, -0.2) is 58.1 Å². The van der Waals surface area contributed by atoms with Gasteiger partial charge in [0.15, 0.2) is 5.13 Å². The van der Waals surface area contributed by atoms with Gasteiger partial charge in [-0.3, -0.25) is 19.2 Å². The highest BCUT2D eigenvalue weighted by molar-refractivity contribution is 7.14. The number of anilines is 1. The number of piperidine rings is 1. The molecule has 9 nitrogen and oxygen atoms in total. The van der Waals surface area contributed by atoms with Gasteiger partial charge in [-0.1, -0.05) is 82.7 Å². The van der Waals surface area contributed by atoms with Crippen LogP contribution in [0.25, 0.3) is 11.3 Å². The molecule has 1 aromatic heterocycles. The summed E-state index contributed by atoms with van der Waals surface area (Å²) in [4.78, 5) is 59.7. The Labute approximate surface area is 257 Å². The molecule has 230 valence electrons. The third-order valence-corrected chi connectivity index (χ3v) is 11.4. The zero-order chi connectivity index (χ0) is 30.3. The minimum absolute atomic E-state index is 0.000958. The fourth-order valence-electron chi connectivity index (χ4n) is 7.78. The van der Waals surface area contributed by atoms with Crippen molar-refractivity contribution in [1.82, 2.24) is 15.2 Å². The summed E-state index contributed by atoms with van der Waals surface area (Å²) in [5, 5.41) is 9.10. The lowest BCUT2D eigenvalue weighted by atomic mass is 9.80. The van der Waals surface area contributed by atoms with E-state index in [0.29, 0.717) is 24.0 Å². The highest BCUT2D eigenvalue weighted by Gasteiger charge is 2.69. The number of nitrogens with two attached hydrogens (primary N) is 1. The number of ketones is 1. The monoisotopic (exact) mass is 605 g/mol. The smallest absolute Gasteiger partial charge is 0.287 e. The van der Waals surface area contributed by atoms with E-state index in [1.807, 2.05) is 35.7 Å². The quantitative estimate of drug-likeness (QED) is 0.326. The number of hydrogen-bond donors (Lipinski definition) is 3. The Morgan fingerprint density at radius 2 is 1.77 bits per heavy atom. The Morgan fingerprint density at radius 3 is 2.42 bits per heavy atom. The molecule has 4 N–H and O–H groups in total. The van der Waals surface area contributed by atoms with Gasteiger partial charge in [0.2, 0.25) is 17.6 Å². The summed E-state index contributed by atoms with van der Waals surface area (Å²) in [6.45, 7) is 4.79. The molecule has 5 atom stereocenters. The largest absolute Gasteiger partial charge is 0.363 e. The Morgan fingerprint density at radius 1 is 1.05 bits per heavy atom. The SMILES string of the molecule is CC1(C)C2CN(C(=O)C(Nc3nc(-c4ccccc4)cs3)C3CCCCC3)[C@H](C(=O)NC(CC3CCC3)C(=O)C(N)=O)C21. The molecular formula is C33H43N5O4S. The number of primary amides is 1. The van der Waals surface area contributed by atoms with Crippen LogP contribution in [0.1, 0.15) is 71.6 Å². The van der Waals surface area contributed by atoms with Crippen LogP contribution in [0.2, 0.25) is 0 Å². The molecule has 0 bridgehead atoms. The molecule has 1 saturated heterocycles. The van der Waals surface area contributed by atoms with Crippen molar-refractivity contribution in [3.8, 4) is 11.3 Å². The van der Waals surface area contributed by atoms with Crippen molar-refractivity contribution in [1.29, 1.82) is 0 Å². The second-order valence-corrected chi connectivity index (χ2v) is 14.5. The van der Waals surface area contributed by atoms with Crippen LogP contribution in [0.5, 0.6) is 0 Å². The summed E-state index contributed by atoms with van der Waals surface area (Å²) < 4.78 is 0. The highest BCUT2D eigenvalue weighted by Crippen LogP contribution is 2.65. The van der Waals surface area contributed by atoms with Crippen LogP contribution in [0, 0.1) is 29.1 Å². The molecule has 2 aromatic rings. The number of carbonyl (C=O) groups is 4. The number of carbonyl (C=O) groups excluding carboxylic acids is 4. The van der Waals surface area contributed by atoms with Crippen molar-refractivity contribution >= 4 is 40.0 Å². The van der Waals surface area contributed by atoms with Crippen LogP contribution in [0.3, 0.4) is 0 Å². The van der Waals surface area contributed by atoms with Crippen LogP contribution in [0.15, 0.2) is 35.7 Å². The number of Topliss-reactive ketones (excluding diaryl/α,β-unsaturated/α-hetero) is 1. The lowest BCUT2D eigenvalue weighted by Crippen LogP contribution is -2.58. The molecule has 43 heavy (non-hydrogen) atoms. The van der Waals surface area contributed by atoms with Crippen LogP contribution in [-0.2, 0) is 19.2 Å². The number of thiazole rings is 1. The van der Waals surface area contributed by atoms with E-state index >= 15 is 0 Å². The highest BCUT2D eigenvalue weighted by atomic mass is 32.1. The average molecular weight is 606 g/mol. The van der Waals surface area contributed by atoms with Gasteiger partial charge in [0.05, 0.1) is 11.7 Å². The lowest BCUT2D eigenvalue weighted by molar-refractivity contribution is -0.144. The third kappa shape index (κ3) is 5.95. The lowest BCUT2D eigenvalue weighted by Gasteiger charge is -2.37. The van der Waals surface area contributed by atoms with E-state index in [4.69, 9.17) is 10.7 Å². The predicted molar refractivity (Wildman–Crippen MR) is 166 cm³/mol. The van der Waals surface area contributed by atoms with E-state index in [1.165, 1.54) is 11.3 Å². The summed E-state index contributed by atoms with van der Waals surface area (Å²) in [5.74, 6) is -1.59. The molecule has 0 radical (unpaired) electrons. The van der Waals surface area contributed by atoms with Gasteiger partial charge in [-0.15, -0.1) is 11.3 Å². The first kappa shape index (κ1) is 29.8. The van der Waals surface area contributed by atoms with E-state index in [9.17, 15) is 19.2 Å². The first-order chi connectivity index (χ1) is 20.6. The second kappa shape index (κ2) is 12.0. The Bertz CT molecular complexity index is 1370. The van der Waals surface area contributed by atoms with Crippen molar-refractivity contribution in [2.24, 2.45) is 34.8 Å². The molecule has 4 aliphatic rings. The Kier molecular flexibility index (Phi) is 8.33. The maximum atomic E-state index is 14.5. The van der Waals surface area contributed by atoms with Gasteiger partial charge in [0.1, 0.15) is 12.1 Å². The predicted octanol–water partition coefficient (Wildman–Crippen LogP) is 4.38. The minimum Gasteiger partial charge on any atom is -0.363 e. The molecule has 10 heteroatoms. The number of hydrogen-bond acceptors (Lipinski definition) is 7. The van der Waals surface area contributed by atoms with Crippen molar-refractivity contribution < 1.29 is 19.2 Å². The molecule has 3 aliphatic carbocycles. The topological polar surface area (TPSA) is 134 Å². The molecule has 4 unspecified atom stereocenters. The number of benzene rings is 1. The molecule has 6 rings (SSSR count). The van der Waals surface area contributed by atoms with Crippen molar-refractivity contribution in [3.05, 3.63) is 35.7 Å². The van der Waals surface area contributed by atoms with Gasteiger partial charge in [-0.25, -0.2) is 4.98 Å². The summed E-state index contributed by atoms with van der Waals surface area (Å²) in [6.07, 6.45) is 8.64. The zero-order valence-electron chi connectivity index (χ0n) is 25.1. The fourth-order valence-corrected chi connectivity index (χ4v) is 8.54. The summed E-state index contributed by atoms with van der Waals surface area (Å²) in [6, 6.07) is 7.83. The Balaban J connectivity index is 1.24. The van der Waals surface area contributed by atoms with Gasteiger partial charge in [-0.2, -0.15) is 0 Å². The van der Waals surface area contributed by atoms with E-state index < -0.39 is 29.8 Å². The first-order valence-corrected chi connectivity index (χ1v) is 16.7. The van der Waals surface area contributed by atoms with Gasteiger partial charge in [0, 0.05) is 17.5 Å². The van der Waals surface area contributed by atoms with Gasteiger partial charge in [0.25, 0.3) is 5.91 Å². The maximum Gasteiger partial charge on any atom is 0.287 e. The average Bonchev–Trinajstić information content (AvgIpc) is 3.37. The maximum absolute atomic E-state index is 14.5. The fraction of sp³-hybridized carbons (Fsp3) is 0.606. The molecule has 2 heterocycles. The van der Waals surface area contributed by atoms with Gasteiger partial charge < -0.3 is 21.3 Å². The van der Waals surface area contributed by atoms with Crippen molar-refractivity contribution in [2.45, 2.75) is 89.8 Å². The summed E-state index contributed by atoms with van der Waals surface area (Å²) in [5.41, 5.74) is 7.18. The first-order valence-electron chi connectivity index (χ1n) is 15.9. The van der Waals surface area contributed by atoms with Crippen LogP contribution >= 0.6 is 11.3 Å². The van der Waals surface area contributed by atoms with E-state index in [-0.39, 0.29) is 35.0 Å². The zero-order valence-corrected chi connectivity index (χ0v) is 25.9. The van der Waals surface area contributed by atoms with E-state index in [2.05, 4.69) is 24.5 Å². The minimum atomic E-state index is -1.03. The van der Waals surface area contributed by atoms with Gasteiger partial charge in [-0.05, 0) is 48.3 Å². The molecule has 0 spiro atoms. The number of amides is 3. The van der Waals surface area contributed by atoms with Crippen LogP contribution in [0.4, 0.5) is 5.13 Å². The van der Waals surface area contributed by atoms with E-state index in [0.717, 1.165) is 62.6 Å². The van der Waals surface area contributed by atoms with Crippen LogP contribution < -0.4 is 16.4 Å².